The largest absolute Gasteiger partial charge is 0.364 e. The summed E-state index contributed by atoms with van der Waals surface area (Å²) < 4.78 is 3.44. The summed E-state index contributed by atoms with van der Waals surface area (Å²) in [6.45, 7) is 8.15. The molecule has 3 heterocycles. The molecule has 41 heavy (non-hydrogen) atoms. The molecule has 3 aromatic heterocycles. The second-order valence-corrected chi connectivity index (χ2v) is 12.0. The van der Waals surface area contributed by atoms with E-state index in [2.05, 4.69) is 51.8 Å². The van der Waals surface area contributed by atoms with Crippen LogP contribution in [0.5, 0.6) is 0 Å². The first kappa shape index (κ1) is 27.0. The monoisotopic (exact) mass is 589 g/mol. The number of hydrogen-bond acceptors (Lipinski definition) is 6. The molecule has 6 rings (SSSR count). The molecule has 210 valence electrons. The average molecular weight is 591 g/mol. The minimum Gasteiger partial charge on any atom is -0.364 e. The van der Waals surface area contributed by atoms with Crippen molar-refractivity contribution in [1.82, 2.24) is 29.4 Å². The van der Waals surface area contributed by atoms with Crippen molar-refractivity contribution in [3.05, 3.63) is 76.3 Å². The Labute approximate surface area is 247 Å². The van der Waals surface area contributed by atoms with Gasteiger partial charge < -0.3 is 10.6 Å². The fourth-order valence-electron chi connectivity index (χ4n) is 4.48. The van der Waals surface area contributed by atoms with Gasteiger partial charge >= 0.3 is 6.03 Å². The van der Waals surface area contributed by atoms with Gasteiger partial charge in [0, 0.05) is 28.8 Å². The van der Waals surface area contributed by atoms with Crippen LogP contribution in [-0.2, 0) is 5.41 Å². The van der Waals surface area contributed by atoms with Crippen LogP contribution < -0.4 is 16.0 Å². The highest BCUT2D eigenvalue weighted by Gasteiger charge is 2.24. The highest BCUT2D eigenvalue weighted by Crippen LogP contribution is 2.31. The first-order chi connectivity index (χ1) is 19.6. The van der Waals surface area contributed by atoms with Gasteiger partial charge in [-0.25, -0.2) is 24.0 Å². The first-order valence-corrected chi connectivity index (χ1v) is 14.0. The molecule has 5 aromatic rings. The van der Waals surface area contributed by atoms with E-state index in [4.69, 9.17) is 28.3 Å². The van der Waals surface area contributed by atoms with Gasteiger partial charge in [-0.1, -0.05) is 50.0 Å². The van der Waals surface area contributed by atoms with Crippen molar-refractivity contribution in [2.24, 2.45) is 0 Å². The normalized spacial score (nSPS) is 13.4. The standard InChI is InChI=1S/C29H29Cl2N9O/c1-16-11-18(7-9-20(16)23-14-32-26(35-17-5-6-17)27-33-15-34-40(23)27)36-28(41)37-25-13-24(29(2,3)4)38-39(25)19-8-10-21(30)22(31)12-19/h7-15,17H,5-6H2,1-4H3,(H,32,35)(H2,36,37,41). The van der Waals surface area contributed by atoms with E-state index in [0.717, 1.165) is 41.2 Å². The summed E-state index contributed by atoms with van der Waals surface area (Å²) in [5.74, 6) is 1.23. The molecule has 1 aliphatic carbocycles. The van der Waals surface area contributed by atoms with Crippen molar-refractivity contribution < 1.29 is 4.79 Å². The molecule has 0 bridgehead atoms. The van der Waals surface area contributed by atoms with Gasteiger partial charge in [0.15, 0.2) is 11.5 Å². The SMILES string of the molecule is Cc1cc(NC(=O)Nc2cc(C(C)(C)C)nn2-c2ccc(Cl)c(Cl)c2)ccc1-c1cnc(NC2CC2)c2ncnn12. The first-order valence-electron chi connectivity index (χ1n) is 13.3. The van der Waals surface area contributed by atoms with Gasteiger partial charge in [-0.2, -0.15) is 10.2 Å². The van der Waals surface area contributed by atoms with E-state index in [1.807, 2.05) is 31.2 Å². The number of anilines is 3. The Morgan fingerprint density at radius 2 is 1.80 bits per heavy atom. The number of rotatable bonds is 6. The van der Waals surface area contributed by atoms with E-state index in [1.54, 1.807) is 33.6 Å². The molecule has 10 nitrogen and oxygen atoms in total. The highest BCUT2D eigenvalue weighted by molar-refractivity contribution is 6.42. The Morgan fingerprint density at radius 1 is 1.00 bits per heavy atom. The molecular formula is C29H29Cl2N9O. The van der Waals surface area contributed by atoms with E-state index < -0.39 is 6.03 Å². The average Bonchev–Trinajstić information content (AvgIpc) is 3.40. The molecule has 1 fully saturated rings. The number of amides is 2. The van der Waals surface area contributed by atoms with Crippen LogP contribution in [0.15, 0.2) is 55.0 Å². The number of hydrogen-bond donors (Lipinski definition) is 3. The van der Waals surface area contributed by atoms with Crippen LogP contribution >= 0.6 is 23.2 Å². The number of benzene rings is 2. The Bertz CT molecular complexity index is 1780. The molecule has 0 saturated heterocycles. The lowest BCUT2D eigenvalue weighted by atomic mass is 9.92. The predicted octanol–water partition coefficient (Wildman–Crippen LogP) is 7.11. The van der Waals surface area contributed by atoms with Gasteiger partial charge in [-0.05, 0) is 55.7 Å². The van der Waals surface area contributed by atoms with Crippen molar-refractivity contribution in [3.63, 3.8) is 0 Å². The number of urea groups is 1. The second kappa shape index (κ2) is 10.4. The minimum absolute atomic E-state index is 0.238. The van der Waals surface area contributed by atoms with E-state index in [0.29, 0.717) is 38.9 Å². The summed E-state index contributed by atoms with van der Waals surface area (Å²) in [4.78, 5) is 22.2. The fourth-order valence-corrected chi connectivity index (χ4v) is 4.77. The molecule has 12 heteroatoms. The Kier molecular flexibility index (Phi) is 6.83. The molecular weight excluding hydrogens is 561 g/mol. The molecule has 3 N–H and O–H groups in total. The Hall–Kier alpha value is -4.15. The van der Waals surface area contributed by atoms with Crippen molar-refractivity contribution >= 4 is 52.2 Å². The van der Waals surface area contributed by atoms with Crippen LogP contribution in [0.1, 0.15) is 44.9 Å². The third-order valence-electron chi connectivity index (χ3n) is 6.85. The van der Waals surface area contributed by atoms with E-state index in [-0.39, 0.29) is 5.41 Å². The lowest BCUT2D eigenvalue weighted by molar-refractivity contribution is 0.262. The summed E-state index contributed by atoms with van der Waals surface area (Å²) in [5, 5.41) is 19.3. The number of nitrogens with zero attached hydrogens (tertiary/aromatic N) is 6. The molecule has 0 atom stereocenters. The summed E-state index contributed by atoms with van der Waals surface area (Å²) in [7, 11) is 0. The number of fused-ring (bicyclic) bond motifs is 1. The van der Waals surface area contributed by atoms with Gasteiger partial charge in [0.1, 0.15) is 12.1 Å². The molecule has 0 radical (unpaired) electrons. The van der Waals surface area contributed by atoms with Gasteiger partial charge in [0.25, 0.3) is 0 Å². The molecule has 0 aliphatic heterocycles. The third-order valence-corrected chi connectivity index (χ3v) is 7.59. The van der Waals surface area contributed by atoms with Crippen LogP contribution in [0, 0.1) is 6.92 Å². The number of halogens is 2. The van der Waals surface area contributed by atoms with Crippen LogP contribution in [0.2, 0.25) is 10.0 Å². The zero-order valence-corrected chi connectivity index (χ0v) is 24.5. The van der Waals surface area contributed by atoms with Crippen LogP contribution in [-0.4, -0.2) is 41.4 Å². The molecule has 2 amide bonds. The second-order valence-electron chi connectivity index (χ2n) is 11.2. The number of aromatic nitrogens is 6. The number of aryl methyl sites for hydroxylation is 1. The molecule has 0 spiro atoms. The summed E-state index contributed by atoms with van der Waals surface area (Å²) in [5.41, 5.74) is 5.26. The molecule has 2 aromatic carbocycles. The van der Waals surface area contributed by atoms with Crippen LogP contribution in [0.3, 0.4) is 0 Å². The van der Waals surface area contributed by atoms with E-state index in [1.165, 1.54) is 6.33 Å². The zero-order valence-electron chi connectivity index (χ0n) is 23.0. The summed E-state index contributed by atoms with van der Waals surface area (Å²) >= 11 is 12.4. The predicted molar refractivity (Wildman–Crippen MR) is 163 cm³/mol. The zero-order chi connectivity index (χ0) is 28.9. The van der Waals surface area contributed by atoms with Crippen molar-refractivity contribution in [2.75, 3.05) is 16.0 Å². The Morgan fingerprint density at radius 3 is 2.51 bits per heavy atom. The topological polar surface area (TPSA) is 114 Å². The quantitative estimate of drug-likeness (QED) is 0.194. The van der Waals surface area contributed by atoms with E-state index in [9.17, 15) is 4.79 Å². The molecule has 1 saturated carbocycles. The third kappa shape index (κ3) is 5.57. The Balaban J connectivity index is 1.24. The maximum Gasteiger partial charge on any atom is 0.324 e. The van der Waals surface area contributed by atoms with Crippen molar-refractivity contribution in [1.29, 1.82) is 0 Å². The minimum atomic E-state index is -0.408. The highest BCUT2D eigenvalue weighted by atomic mass is 35.5. The van der Waals surface area contributed by atoms with Gasteiger partial charge in [-0.15, -0.1) is 0 Å². The summed E-state index contributed by atoms with van der Waals surface area (Å²) in [6, 6.07) is 12.8. The maximum absolute atomic E-state index is 13.1. The maximum atomic E-state index is 13.1. The fraction of sp³-hybridized carbons (Fsp3) is 0.276. The molecule has 0 unspecified atom stereocenters. The van der Waals surface area contributed by atoms with Crippen molar-refractivity contribution in [3.8, 4) is 16.9 Å². The number of carbonyl (C=O) groups excluding carboxylic acids is 1. The lowest BCUT2D eigenvalue weighted by Gasteiger charge is -2.14. The van der Waals surface area contributed by atoms with Crippen molar-refractivity contribution in [2.45, 2.75) is 52.0 Å². The lowest BCUT2D eigenvalue weighted by Crippen LogP contribution is -2.21. The number of carbonyl (C=O) groups is 1. The number of nitrogens with one attached hydrogen (secondary N) is 3. The molecule has 1 aliphatic rings. The smallest absolute Gasteiger partial charge is 0.324 e. The van der Waals surface area contributed by atoms with Gasteiger partial charge in [0.2, 0.25) is 0 Å². The van der Waals surface area contributed by atoms with Crippen LogP contribution in [0.4, 0.5) is 22.1 Å². The van der Waals surface area contributed by atoms with Gasteiger partial charge in [0.05, 0.1) is 33.3 Å². The summed E-state index contributed by atoms with van der Waals surface area (Å²) in [6.07, 6.45) is 5.61. The van der Waals surface area contributed by atoms with Crippen LogP contribution in [0.25, 0.3) is 22.6 Å². The van der Waals surface area contributed by atoms with E-state index >= 15 is 0 Å². The van der Waals surface area contributed by atoms with Gasteiger partial charge in [-0.3, -0.25) is 5.32 Å².